The minimum Gasteiger partial charge on any atom is -0.493 e. The number of amides is 1. The van der Waals surface area contributed by atoms with Crippen LogP contribution in [0.5, 0.6) is 5.75 Å². The molecule has 2 aromatic carbocycles. The van der Waals surface area contributed by atoms with Crippen molar-refractivity contribution in [2.75, 3.05) is 24.6 Å². The molecule has 3 heterocycles. The van der Waals surface area contributed by atoms with Crippen molar-refractivity contribution >= 4 is 17.6 Å². The lowest BCUT2D eigenvalue weighted by Gasteiger charge is -2.35. The van der Waals surface area contributed by atoms with Gasteiger partial charge in [-0.2, -0.15) is 0 Å². The number of benzene rings is 2. The van der Waals surface area contributed by atoms with Crippen LogP contribution in [0, 0.1) is 18.7 Å². The van der Waals surface area contributed by atoms with Gasteiger partial charge in [0, 0.05) is 48.5 Å². The van der Waals surface area contributed by atoms with Crippen LogP contribution in [0.2, 0.25) is 0 Å². The predicted molar refractivity (Wildman–Crippen MR) is 167 cm³/mol. The van der Waals surface area contributed by atoms with E-state index in [0.717, 1.165) is 54.7 Å². The average Bonchev–Trinajstić information content (AvgIpc) is 3.63. The third kappa shape index (κ3) is 6.93. The van der Waals surface area contributed by atoms with E-state index in [1.165, 1.54) is 12.4 Å². The number of carboxylic acid groups (broad SMARTS) is 1. The van der Waals surface area contributed by atoms with Gasteiger partial charge < -0.3 is 14.7 Å². The summed E-state index contributed by atoms with van der Waals surface area (Å²) in [6, 6.07) is 12.3. The van der Waals surface area contributed by atoms with Gasteiger partial charge in [-0.1, -0.05) is 38.8 Å². The summed E-state index contributed by atoms with van der Waals surface area (Å²) in [5.74, 6) is -1.40. The number of aliphatic carboxylic acids is 1. The number of nitrogens with zero attached hydrogens (tertiary/aromatic N) is 4. The van der Waals surface area contributed by atoms with Crippen LogP contribution in [0.25, 0.3) is 0 Å². The third-order valence-electron chi connectivity index (χ3n) is 9.15. The molecule has 8 nitrogen and oxygen atoms in total. The van der Waals surface area contributed by atoms with Gasteiger partial charge in [0.2, 0.25) is 5.91 Å². The van der Waals surface area contributed by atoms with Crippen LogP contribution in [0.4, 0.5) is 10.1 Å². The number of aryl methyl sites for hydroxylation is 2. The molecule has 3 unspecified atom stereocenters. The van der Waals surface area contributed by atoms with E-state index in [2.05, 4.69) is 34.8 Å². The largest absolute Gasteiger partial charge is 0.493 e. The first kappa shape index (κ1) is 31.6. The lowest BCUT2D eigenvalue weighted by molar-refractivity contribution is -0.143. The number of ether oxygens (including phenoxy) is 1. The summed E-state index contributed by atoms with van der Waals surface area (Å²) in [6.07, 6.45) is 8.56. The fourth-order valence-corrected chi connectivity index (χ4v) is 7.05. The molecule has 1 aromatic heterocycles. The Hall–Kier alpha value is -3.85. The number of hydrogen-bond donors (Lipinski definition) is 1. The summed E-state index contributed by atoms with van der Waals surface area (Å²) in [5, 5.41) is 10.6. The van der Waals surface area contributed by atoms with E-state index in [-0.39, 0.29) is 36.3 Å². The summed E-state index contributed by atoms with van der Waals surface area (Å²) >= 11 is 0. The zero-order valence-electron chi connectivity index (χ0n) is 25.9. The molecule has 0 saturated carbocycles. The number of rotatable bonds is 13. The molecule has 1 fully saturated rings. The lowest BCUT2D eigenvalue weighted by atomic mass is 9.83. The average molecular weight is 603 g/mol. The quantitative estimate of drug-likeness (QED) is 0.258. The molecule has 5 rings (SSSR count). The Bertz CT molecular complexity index is 1450. The van der Waals surface area contributed by atoms with Crippen molar-refractivity contribution in [3.05, 3.63) is 83.2 Å². The highest BCUT2D eigenvalue weighted by molar-refractivity contribution is 5.95. The van der Waals surface area contributed by atoms with Crippen LogP contribution < -0.4 is 9.64 Å². The molecule has 0 radical (unpaired) electrons. The van der Waals surface area contributed by atoms with Gasteiger partial charge in [-0.25, -0.2) is 14.4 Å². The van der Waals surface area contributed by atoms with E-state index in [1.54, 1.807) is 25.3 Å². The second-order valence-electron chi connectivity index (χ2n) is 12.1. The van der Waals surface area contributed by atoms with E-state index in [4.69, 9.17) is 4.74 Å². The molecule has 44 heavy (non-hydrogen) atoms. The molecule has 0 spiro atoms. The molecule has 1 saturated heterocycles. The summed E-state index contributed by atoms with van der Waals surface area (Å²) < 4.78 is 20.0. The molecule has 1 N–H and O–H groups in total. The first-order valence-electron chi connectivity index (χ1n) is 15.9. The molecular weight excluding hydrogens is 559 g/mol. The number of carbonyl (C=O) groups is 2. The number of anilines is 1. The van der Waals surface area contributed by atoms with E-state index in [0.29, 0.717) is 37.2 Å². The number of likely N-dealkylation sites (tertiary alicyclic amines) is 1. The van der Waals surface area contributed by atoms with E-state index >= 15 is 0 Å². The monoisotopic (exact) mass is 602 g/mol. The maximum Gasteiger partial charge on any atom is 0.308 e. The number of halogens is 1. The summed E-state index contributed by atoms with van der Waals surface area (Å²) in [5.41, 5.74) is 4.07. The Balaban J connectivity index is 1.49. The van der Waals surface area contributed by atoms with Crippen LogP contribution in [-0.2, 0) is 22.4 Å². The molecule has 0 bridgehead atoms. The van der Waals surface area contributed by atoms with Gasteiger partial charge in [-0.05, 0) is 79.6 Å². The maximum absolute atomic E-state index is 14.4. The predicted octanol–water partition coefficient (Wildman–Crippen LogP) is 5.96. The van der Waals surface area contributed by atoms with E-state index < -0.39 is 11.9 Å². The van der Waals surface area contributed by atoms with Gasteiger partial charge >= 0.3 is 5.97 Å². The van der Waals surface area contributed by atoms with Crippen molar-refractivity contribution in [2.24, 2.45) is 5.92 Å². The smallest absolute Gasteiger partial charge is 0.308 e. The third-order valence-corrected chi connectivity index (χ3v) is 9.15. The normalized spacial score (nSPS) is 19.6. The minimum absolute atomic E-state index is 0.0350. The molecular formula is C35H43FN4O4. The Morgan fingerprint density at radius 1 is 1.14 bits per heavy atom. The van der Waals surface area contributed by atoms with Gasteiger partial charge in [-0.3, -0.25) is 14.5 Å². The summed E-state index contributed by atoms with van der Waals surface area (Å²) in [4.78, 5) is 39.6. The molecule has 9 heteroatoms. The molecule has 0 aliphatic carbocycles. The molecule has 1 amide bonds. The lowest BCUT2D eigenvalue weighted by Crippen LogP contribution is -2.48. The fourth-order valence-electron chi connectivity index (χ4n) is 7.05. The van der Waals surface area contributed by atoms with Crippen molar-refractivity contribution in [2.45, 2.75) is 83.7 Å². The van der Waals surface area contributed by atoms with Crippen LogP contribution in [0.3, 0.4) is 0 Å². The fraction of sp³-hybridized carbons (Fsp3) is 0.486. The summed E-state index contributed by atoms with van der Waals surface area (Å²) in [7, 11) is 0. The van der Waals surface area contributed by atoms with Crippen molar-refractivity contribution in [1.29, 1.82) is 0 Å². The zero-order valence-corrected chi connectivity index (χ0v) is 25.9. The molecule has 3 aromatic rings. The second kappa shape index (κ2) is 14.3. The summed E-state index contributed by atoms with van der Waals surface area (Å²) in [6.45, 7) is 7.07. The first-order valence-corrected chi connectivity index (χ1v) is 15.9. The SMILES string of the molecule is CCCC(CCC)N(C(=O)CN1CC(c2ccc3c(c2)CCO3)C(C(=O)O)C1CCc1ccncn1)c1ccc(F)c(C)c1. The first-order chi connectivity index (χ1) is 21.3. The van der Waals surface area contributed by atoms with Crippen molar-refractivity contribution in [3.8, 4) is 5.75 Å². The van der Waals surface area contributed by atoms with Crippen molar-refractivity contribution < 1.29 is 23.8 Å². The highest BCUT2D eigenvalue weighted by Crippen LogP contribution is 2.41. The highest BCUT2D eigenvalue weighted by Gasteiger charge is 2.47. The Morgan fingerprint density at radius 2 is 1.93 bits per heavy atom. The highest BCUT2D eigenvalue weighted by atomic mass is 19.1. The van der Waals surface area contributed by atoms with Crippen LogP contribution in [-0.4, -0.2) is 63.6 Å². The molecule has 3 atom stereocenters. The topological polar surface area (TPSA) is 95.9 Å². The Morgan fingerprint density at radius 3 is 2.61 bits per heavy atom. The number of carboxylic acids is 1. The van der Waals surface area contributed by atoms with Gasteiger partial charge in [0.25, 0.3) is 0 Å². The van der Waals surface area contributed by atoms with Gasteiger partial charge in [0.15, 0.2) is 0 Å². The number of carbonyl (C=O) groups excluding carboxylic acids is 1. The van der Waals surface area contributed by atoms with Crippen molar-refractivity contribution in [1.82, 2.24) is 14.9 Å². The Labute approximate surface area is 259 Å². The van der Waals surface area contributed by atoms with Gasteiger partial charge in [0.1, 0.15) is 17.9 Å². The van der Waals surface area contributed by atoms with Crippen LogP contribution in [0.15, 0.2) is 55.0 Å². The molecule has 2 aliphatic heterocycles. The number of fused-ring (bicyclic) bond motifs is 1. The van der Waals surface area contributed by atoms with Crippen LogP contribution >= 0.6 is 0 Å². The van der Waals surface area contributed by atoms with Crippen LogP contribution in [0.1, 0.15) is 74.3 Å². The van der Waals surface area contributed by atoms with Gasteiger partial charge in [0.05, 0.1) is 19.1 Å². The standard InChI is InChI=1S/C35H43FN4O4/c1-4-6-27(7-5-2)40(28-10-11-30(36)23(3)18-28)33(41)21-39-20-29(24-8-13-32-25(19-24)15-17-44-32)34(35(42)43)31(39)12-9-26-14-16-37-22-38-26/h8,10-11,13-14,16,18-19,22,27,29,31,34H,4-7,9,12,15,17,20-21H2,1-3H3,(H,42,43). The van der Waals surface area contributed by atoms with Gasteiger partial charge in [-0.15, -0.1) is 0 Å². The molecule has 234 valence electrons. The van der Waals surface area contributed by atoms with Crippen molar-refractivity contribution in [3.63, 3.8) is 0 Å². The number of hydrogen-bond acceptors (Lipinski definition) is 6. The number of aromatic nitrogens is 2. The maximum atomic E-state index is 14.4. The second-order valence-corrected chi connectivity index (χ2v) is 12.1. The Kier molecular flexibility index (Phi) is 10.3. The molecule has 2 aliphatic rings. The van der Waals surface area contributed by atoms with E-state index in [1.807, 2.05) is 23.1 Å². The van der Waals surface area contributed by atoms with E-state index in [9.17, 15) is 19.1 Å². The minimum atomic E-state index is -0.866. The zero-order chi connectivity index (χ0) is 31.2.